The molecule has 0 aromatic heterocycles. The van der Waals surface area contributed by atoms with E-state index in [4.69, 9.17) is 12.2 Å². The van der Waals surface area contributed by atoms with Gasteiger partial charge >= 0.3 is 0 Å². The molecule has 0 atom stereocenters. The van der Waals surface area contributed by atoms with Crippen LogP contribution in [0.15, 0.2) is 54.6 Å². The van der Waals surface area contributed by atoms with Crippen molar-refractivity contribution in [1.29, 1.82) is 0 Å². The third kappa shape index (κ3) is 6.64. The maximum atomic E-state index is 5.52. The topological polar surface area (TPSA) is 27.3 Å². The summed E-state index contributed by atoms with van der Waals surface area (Å²) in [6.07, 6.45) is 5.89. The molecule has 0 aliphatic carbocycles. The predicted molar refractivity (Wildman–Crippen MR) is 119 cm³/mol. The van der Waals surface area contributed by atoms with Crippen molar-refractivity contribution < 1.29 is 0 Å². The standard InChI is InChI=1S/C23H31N3S/c1-2-3-7-19-10-12-21(13-11-19)24-23(27)25-22-14-16-26(17-15-22)18-20-8-5-4-6-9-20/h4-6,8-13,22H,2-3,7,14-18H2,1H3,(H2,24,25,27). The summed E-state index contributed by atoms with van der Waals surface area (Å²) in [5.74, 6) is 0. The van der Waals surface area contributed by atoms with E-state index in [1.54, 1.807) is 0 Å². The van der Waals surface area contributed by atoms with Crippen molar-refractivity contribution in [3.63, 3.8) is 0 Å². The van der Waals surface area contributed by atoms with E-state index >= 15 is 0 Å². The van der Waals surface area contributed by atoms with Gasteiger partial charge in [-0.15, -0.1) is 0 Å². The lowest BCUT2D eigenvalue weighted by atomic mass is 10.0. The minimum Gasteiger partial charge on any atom is -0.360 e. The Hall–Kier alpha value is -1.91. The second-order valence-electron chi connectivity index (χ2n) is 7.43. The Kier molecular flexibility index (Phi) is 7.66. The zero-order valence-electron chi connectivity index (χ0n) is 16.3. The highest BCUT2D eigenvalue weighted by atomic mass is 32.1. The Balaban J connectivity index is 1.39. The Bertz CT molecular complexity index is 691. The van der Waals surface area contributed by atoms with Crippen molar-refractivity contribution >= 4 is 23.0 Å². The summed E-state index contributed by atoms with van der Waals surface area (Å²) in [6.45, 7) is 5.50. The molecule has 0 amide bonds. The first-order valence-electron chi connectivity index (χ1n) is 10.2. The monoisotopic (exact) mass is 381 g/mol. The molecule has 1 aliphatic rings. The number of aryl methyl sites for hydroxylation is 1. The van der Waals surface area contributed by atoms with Crippen molar-refractivity contribution in [2.75, 3.05) is 18.4 Å². The summed E-state index contributed by atoms with van der Waals surface area (Å²) in [6, 6.07) is 19.8. The summed E-state index contributed by atoms with van der Waals surface area (Å²) in [5.41, 5.74) is 3.85. The fourth-order valence-electron chi connectivity index (χ4n) is 3.57. The number of likely N-dealkylation sites (tertiary alicyclic amines) is 1. The smallest absolute Gasteiger partial charge is 0.170 e. The average Bonchev–Trinajstić information content (AvgIpc) is 2.70. The number of hydrogen-bond donors (Lipinski definition) is 2. The van der Waals surface area contributed by atoms with Gasteiger partial charge in [0, 0.05) is 31.4 Å². The van der Waals surface area contributed by atoms with Crippen LogP contribution in [-0.4, -0.2) is 29.1 Å². The number of unbranched alkanes of at least 4 members (excludes halogenated alkanes) is 1. The fourth-order valence-corrected chi connectivity index (χ4v) is 3.85. The lowest BCUT2D eigenvalue weighted by Gasteiger charge is -2.33. The SMILES string of the molecule is CCCCc1ccc(NC(=S)NC2CCN(Cc3ccccc3)CC2)cc1. The predicted octanol–water partition coefficient (Wildman–Crippen LogP) is 4.98. The third-order valence-corrected chi connectivity index (χ3v) is 5.42. The van der Waals surface area contributed by atoms with Crippen molar-refractivity contribution in [2.24, 2.45) is 0 Å². The van der Waals surface area contributed by atoms with Crippen molar-refractivity contribution in [3.8, 4) is 0 Å². The molecule has 27 heavy (non-hydrogen) atoms. The first-order valence-corrected chi connectivity index (χ1v) is 10.6. The molecule has 0 unspecified atom stereocenters. The Morgan fingerprint density at radius 3 is 2.37 bits per heavy atom. The quantitative estimate of drug-likeness (QED) is 0.662. The first kappa shape index (κ1) is 19.8. The van der Waals surface area contributed by atoms with Gasteiger partial charge in [0.1, 0.15) is 0 Å². The van der Waals surface area contributed by atoms with Crippen molar-refractivity contribution in [2.45, 2.75) is 51.6 Å². The lowest BCUT2D eigenvalue weighted by Crippen LogP contribution is -2.45. The number of anilines is 1. The van der Waals surface area contributed by atoms with Crippen LogP contribution in [0.3, 0.4) is 0 Å². The van der Waals surface area contributed by atoms with Gasteiger partial charge in [-0.05, 0) is 61.2 Å². The number of rotatable bonds is 7. The van der Waals surface area contributed by atoms with Gasteiger partial charge in [0.05, 0.1) is 0 Å². The molecule has 1 aliphatic heterocycles. The maximum Gasteiger partial charge on any atom is 0.170 e. The summed E-state index contributed by atoms with van der Waals surface area (Å²) >= 11 is 5.52. The van der Waals surface area contributed by atoms with Crippen LogP contribution in [0.2, 0.25) is 0 Å². The van der Waals surface area contributed by atoms with E-state index in [0.29, 0.717) is 6.04 Å². The normalized spacial score (nSPS) is 15.4. The molecule has 0 saturated carbocycles. The molecule has 0 spiro atoms. The van der Waals surface area contributed by atoms with Gasteiger partial charge in [-0.2, -0.15) is 0 Å². The van der Waals surface area contributed by atoms with E-state index in [-0.39, 0.29) is 0 Å². The molecule has 1 saturated heterocycles. The van der Waals surface area contributed by atoms with E-state index in [1.807, 2.05) is 0 Å². The molecule has 2 aromatic carbocycles. The molecule has 0 bridgehead atoms. The number of hydrogen-bond acceptors (Lipinski definition) is 2. The molecule has 1 heterocycles. The van der Waals surface area contributed by atoms with Gasteiger partial charge in [0.15, 0.2) is 5.11 Å². The second kappa shape index (κ2) is 10.4. The van der Waals surface area contributed by atoms with Crippen molar-refractivity contribution in [1.82, 2.24) is 10.2 Å². The molecule has 0 radical (unpaired) electrons. The summed E-state index contributed by atoms with van der Waals surface area (Å²) in [7, 11) is 0. The number of thiocarbonyl (C=S) groups is 1. The Labute approximate surface area is 169 Å². The highest BCUT2D eigenvalue weighted by Crippen LogP contribution is 2.15. The molecule has 2 aromatic rings. The van der Waals surface area contributed by atoms with E-state index in [9.17, 15) is 0 Å². The van der Waals surface area contributed by atoms with Gasteiger partial charge in [-0.3, -0.25) is 4.90 Å². The lowest BCUT2D eigenvalue weighted by molar-refractivity contribution is 0.199. The van der Waals surface area contributed by atoms with Crippen molar-refractivity contribution in [3.05, 3.63) is 65.7 Å². The fraction of sp³-hybridized carbons (Fsp3) is 0.435. The van der Waals surface area contributed by atoms with Crippen LogP contribution in [0.5, 0.6) is 0 Å². The molecule has 3 rings (SSSR count). The summed E-state index contributed by atoms with van der Waals surface area (Å²) in [5, 5.41) is 7.56. The van der Waals surface area contributed by atoms with Gasteiger partial charge < -0.3 is 10.6 Å². The van der Waals surface area contributed by atoms with E-state index < -0.39 is 0 Å². The van der Waals surface area contributed by atoms with Gasteiger partial charge in [-0.25, -0.2) is 0 Å². The van der Waals surface area contributed by atoms with E-state index in [1.165, 1.54) is 24.0 Å². The number of nitrogens with one attached hydrogen (secondary N) is 2. The number of piperidine rings is 1. The molecule has 4 heteroatoms. The van der Waals surface area contributed by atoms with Gasteiger partial charge in [-0.1, -0.05) is 55.8 Å². The second-order valence-corrected chi connectivity index (χ2v) is 7.84. The zero-order chi connectivity index (χ0) is 18.9. The van der Waals surface area contributed by atoms with Crippen LogP contribution in [0, 0.1) is 0 Å². The highest BCUT2D eigenvalue weighted by Gasteiger charge is 2.19. The molecular weight excluding hydrogens is 350 g/mol. The minimum absolute atomic E-state index is 0.459. The summed E-state index contributed by atoms with van der Waals surface area (Å²) in [4.78, 5) is 2.53. The van der Waals surface area contributed by atoms with E-state index in [2.05, 4.69) is 77.1 Å². The van der Waals surface area contributed by atoms with Crippen LogP contribution in [0.1, 0.15) is 43.7 Å². The minimum atomic E-state index is 0.459. The largest absolute Gasteiger partial charge is 0.360 e. The summed E-state index contributed by atoms with van der Waals surface area (Å²) < 4.78 is 0. The van der Waals surface area contributed by atoms with Crippen LogP contribution < -0.4 is 10.6 Å². The highest BCUT2D eigenvalue weighted by molar-refractivity contribution is 7.80. The van der Waals surface area contributed by atoms with Crippen LogP contribution >= 0.6 is 12.2 Å². The molecule has 1 fully saturated rings. The van der Waals surface area contributed by atoms with Gasteiger partial charge in [0.25, 0.3) is 0 Å². The number of benzene rings is 2. The maximum absolute atomic E-state index is 5.52. The molecule has 3 nitrogen and oxygen atoms in total. The van der Waals surface area contributed by atoms with Gasteiger partial charge in [0.2, 0.25) is 0 Å². The first-order chi connectivity index (χ1) is 13.2. The molecular formula is C23H31N3S. The zero-order valence-corrected chi connectivity index (χ0v) is 17.1. The van der Waals surface area contributed by atoms with E-state index in [0.717, 1.165) is 49.7 Å². The Morgan fingerprint density at radius 2 is 1.70 bits per heavy atom. The average molecular weight is 382 g/mol. The Morgan fingerprint density at radius 1 is 1.00 bits per heavy atom. The molecule has 2 N–H and O–H groups in total. The van der Waals surface area contributed by atoms with Crippen LogP contribution in [-0.2, 0) is 13.0 Å². The van der Waals surface area contributed by atoms with Crippen LogP contribution in [0.25, 0.3) is 0 Å². The molecule has 144 valence electrons. The third-order valence-electron chi connectivity index (χ3n) is 5.20. The van der Waals surface area contributed by atoms with Crippen LogP contribution in [0.4, 0.5) is 5.69 Å². The number of nitrogens with zero attached hydrogens (tertiary/aromatic N) is 1.